The van der Waals surface area contributed by atoms with E-state index in [1.54, 1.807) is 6.07 Å². The molecular weight excluding hydrogens is 329 g/mol. The summed E-state index contributed by atoms with van der Waals surface area (Å²) in [7, 11) is 4.31. The van der Waals surface area contributed by atoms with Gasteiger partial charge in [-0.3, -0.25) is 4.79 Å². The molecule has 0 amide bonds. The lowest BCUT2D eigenvalue weighted by Gasteiger charge is -2.12. The summed E-state index contributed by atoms with van der Waals surface area (Å²) in [6, 6.07) is 7.52. The van der Waals surface area contributed by atoms with E-state index in [4.69, 9.17) is 24.4 Å². The minimum Gasteiger partial charge on any atom is -0.495 e. The predicted octanol–water partition coefficient (Wildman–Crippen LogP) is 3.21. The largest absolute Gasteiger partial charge is 0.495 e. The highest BCUT2D eigenvalue weighted by Crippen LogP contribution is 2.37. The molecule has 0 aliphatic heterocycles. The summed E-state index contributed by atoms with van der Waals surface area (Å²) in [4.78, 5) is 12.4. The van der Waals surface area contributed by atoms with Crippen LogP contribution in [-0.2, 0) is 0 Å². The van der Waals surface area contributed by atoms with Crippen molar-refractivity contribution in [3.05, 3.63) is 46.4 Å². The molecule has 2 aromatic carbocycles. The van der Waals surface area contributed by atoms with E-state index in [0.29, 0.717) is 22.7 Å². The fourth-order valence-corrected chi connectivity index (χ4v) is 2.59. The lowest BCUT2D eigenvalue weighted by molar-refractivity contribution is 0.352. The highest BCUT2D eigenvalue weighted by Gasteiger charge is 2.21. The molecular formula is C18H16FNO5. The molecule has 0 aliphatic rings. The van der Waals surface area contributed by atoms with E-state index < -0.39 is 11.2 Å². The van der Waals surface area contributed by atoms with Crippen LogP contribution in [0.3, 0.4) is 0 Å². The van der Waals surface area contributed by atoms with Crippen LogP contribution in [0, 0.1) is 5.82 Å². The molecule has 0 unspecified atom stereocenters. The Hall–Kier alpha value is -3.22. The minimum absolute atomic E-state index is 0.0568. The first kappa shape index (κ1) is 16.6. The zero-order chi connectivity index (χ0) is 18.1. The van der Waals surface area contributed by atoms with Crippen LogP contribution in [0.4, 0.5) is 10.1 Å². The van der Waals surface area contributed by atoms with E-state index in [0.717, 1.165) is 0 Å². The Morgan fingerprint density at radius 3 is 2.36 bits per heavy atom. The van der Waals surface area contributed by atoms with Gasteiger partial charge < -0.3 is 24.4 Å². The summed E-state index contributed by atoms with van der Waals surface area (Å²) in [5, 5.41) is 0.0568. The number of nitrogen functional groups attached to an aromatic ring is 1. The second-order valence-electron chi connectivity index (χ2n) is 5.21. The molecule has 0 atom stereocenters. The fraction of sp³-hybridized carbons (Fsp3) is 0.167. The van der Waals surface area contributed by atoms with Gasteiger partial charge in [-0.1, -0.05) is 0 Å². The van der Waals surface area contributed by atoms with Crippen LogP contribution in [0.1, 0.15) is 0 Å². The molecule has 7 heteroatoms. The third-order valence-corrected chi connectivity index (χ3v) is 3.84. The van der Waals surface area contributed by atoms with E-state index in [1.165, 1.54) is 45.6 Å². The van der Waals surface area contributed by atoms with Crippen molar-refractivity contribution < 1.29 is 23.0 Å². The van der Waals surface area contributed by atoms with Crippen molar-refractivity contribution in [1.82, 2.24) is 0 Å². The Bertz CT molecular complexity index is 1010. The van der Waals surface area contributed by atoms with Crippen molar-refractivity contribution in [2.75, 3.05) is 27.1 Å². The van der Waals surface area contributed by atoms with Gasteiger partial charge in [0.25, 0.3) is 0 Å². The predicted molar refractivity (Wildman–Crippen MR) is 91.9 cm³/mol. The molecule has 130 valence electrons. The number of halogens is 1. The van der Waals surface area contributed by atoms with Crippen molar-refractivity contribution in [1.29, 1.82) is 0 Å². The smallest absolute Gasteiger partial charge is 0.229 e. The number of nitrogens with two attached hydrogens (primary N) is 1. The molecule has 0 saturated heterocycles. The number of methoxy groups -OCH3 is 3. The fourth-order valence-electron chi connectivity index (χ4n) is 2.59. The Morgan fingerprint density at radius 1 is 1.00 bits per heavy atom. The first-order valence-corrected chi connectivity index (χ1v) is 7.33. The van der Waals surface area contributed by atoms with Crippen molar-refractivity contribution in [2.45, 2.75) is 0 Å². The van der Waals surface area contributed by atoms with E-state index in [-0.39, 0.29) is 22.5 Å². The minimum atomic E-state index is -1.01. The molecule has 0 radical (unpaired) electrons. The van der Waals surface area contributed by atoms with E-state index in [1.807, 2.05) is 0 Å². The van der Waals surface area contributed by atoms with Gasteiger partial charge >= 0.3 is 0 Å². The Balaban J connectivity index is 2.36. The number of anilines is 1. The number of hydrogen-bond donors (Lipinski definition) is 1. The van der Waals surface area contributed by atoms with Crippen molar-refractivity contribution >= 4 is 16.7 Å². The third kappa shape index (κ3) is 2.63. The average Bonchev–Trinajstić information content (AvgIpc) is 2.64. The van der Waals surface area contributed by atoms with Crippen LogP contribution >= 0.6 is 0 Å². The van der Waals surface area contributed by atoms with Gasteiger partial charge in [-0.15, -0.1) is 0 Å². The van der Waals surface area contributed by atoms with Crippen LogP contribution in [0.25, 0.3) is 22.3 Å². The van der Waals surface area contributed by atoms with Crippen molar-refractivity contribution in [3.8, 4) is 28.6 Å². The molecule has 3 rings (SSSR count). The monoisotopic (exact) mass is 345 g/mol. The topological polar surface area (TPSA) is 83.9 Å². The number of benzene rings is 2. The van der Waals surface area contributed by atoms with E-state index in [2.05, 4.69) is 0 Å². The maximum Gasteiger partial charge on any atom is 0.229 e. The molecule has 0 fully saturated rings. The third-order valence-electron chi connectivity index (χ3n) is 3.84. The summed E-state index contributed by atoms with van der Waals surface area (Å²) < 4.78 is 35.9. The molecule has 2 N–H and O–H groups in total. The van der Waals surface area contributed by atoms with Crippen LogP contribution in [-0.4, -0.2) is 21.3 Å². The van der Waals surface area contributed by atoms with Gasteiger partial charge in [0.05, 0.1) is 32.4 Å². The highest BCUT2D eigenvalue weighted by molar-refractivity contribution is 5.87. The van der Waals surface area contributed by atoms with Crippen molar-refractivity contribution in [3.63, 3.8) is 0 Å². The molecule has 0 saturated carbocycles. The van der Waals surface area contributed by atoms with Gasteiger partial charge in [0.15, 0.2) is 17.1 Å². The molecule has 3 aromatic rings. The molecule has 0 spiro atoms. The molecule has 25 heavy (non-hydrogen) atoms. The first-order valence-electron chi connectivity index (χ1n) is 7.33. The summed E-state index contributed by atoms with van der Waals surface area (Å²) in [6.45, 7) is 0. The second kappa shape index (κ2) is 6.35. The Morgan fingerprint density at radius 2 is 1.72 bits per heavy atom. The number of rotatable bonds is 4. The zero-order valence-corrected chi connectivity index (χ0v) is 13.9. The molecule has 6 nitrogen and oxygen atoms in total. The average molecular weight is 345 g/mol. The molecule has 0 aliphatic carbocycles. The van der Waals surface area contributed by atoms with Gasteiger partial charge in [-0.25, -0.2) is 0 Å². The van der Waals surface area contributed by atoms with Crippen LogP contribution in [0.2, 0.25) is 0 Å². The molecule has 1 heterocycles. The van der Waals surface area contributed by atoms with E-state index >= 15 is 0 Å². The zero-order valence-electron chi connectivity index (χ0n) is 13.9. The van der Waals surface area contributed by atoms with Crippen LogP contribution < -0.4 is 25.4 Å². The first-order chi connectivity index (χ1) is 12.0. The van der Waals surface area contributed by atoms with Crippen LogP contribution in [0.5, 0.6) is 17.2 Å². The van der Waals surface area contributed by atoms with Gasteiger partial charge in [-0.2, -0.15) is 4.39 Å². The summed E-state index contributed by atoms with van der Waals surface area (Å²) >= 11 is 0. The Kier molecular flexibility index (Phi) is 4.22. The summed E-state index contributed by atoms with van der Waals surface area (Å²) in [6.07, 6.45) is 0. The summed E-state index contributed by atoms with van der Waals surface area (Å²) in [5.41, 5.74) is 5.77. The standard InChI is InChI=1S/C18H16FNO5/c1-22-12-7-5-10-15(21)14(19)16(25-17(10)18(12)24-3)9-4-6-11(20)13(8-9)23-2/h4-8H,20H2,1-3H3. The van der Waals surface area contributed by atoms with Gasteiger partial charge in [-0.05, 0) is 30.3 Å². The second-order valence-corrected chi connectivity index (χ2v) is 5.21. The highest BCUT2D eigenvalue weighted by atomic mass is 19.1. The van der Waals surface area contributed by atoms with Gasteiger partial charge in [0.1, 0.15) is 5.75 Å². The SMILES string of the molecule is COc1cc(-c2oc3c(OC)c(OC)ccc3c(=O)c2F)ccc1N. The maximum atomic E-state index is 14.6. The van der Waals surface area contributed by atoms with Gasteiger partial charge in [0.2, 0.25) is 17.0 Å². The lowest BCUT2D eigenvalue weighted by Crippen LogP contribution is -2.09. The summed E-state index contributed by atoms with van der Waals surface area (Å²) in [5.74, 6) is -0.322. The van der Waals surface area contributed by atoms with Crippen molar-refractivity contribution in [2.24, 2.45) is 0 Å². The number of fused-ring (bicyclic) bond motifs is 1. The molecule has 1 aromatic heterocycles. The number of ether oxygens (including phenoxy) is 3. The normalized spacial score (nSPS) is 10.7. The Labute approximate surface area is 142 Å². The molecule has 0 bridgehead atoms. The quantitative estimate of drug-likeness (QED) is 0.731. The van der Waals surface area contributed by atoms with E-state index in [9.17, 15) is 9.18 Å². The van der Waals surface area contributed by atoms with Crippen LogP contribution in [0.15, 0.2) is 39.5 Å². The van der Waals surface area contributed by atoms with Gasteiger partial charge in [0, 0.05) is 5.56 Å². The lowest BCUT2D eigenvalue weighted by atomic mass is 10.1. The maximum absolute atomic E-state index is 14.6. The number of hydrogen-bond acceptors (Lipinski definition) is 6.